The van der Waals surface area contributed by atoms with Crippen molar-refractivity contribution in [3.63, 3.8) is 0 Å². The molecule has 2 unspecified atom stereocenters. The molecule has 0 bridgehead atoms. The van der Waals surface area contributed by atoms with Gasteiger partial charge in [0.1, 0.15) is 11.6 Å². The fraction of sp³-hybridized carbons (Fsp3) is 0.0667. The monoisotopic (exact) mass is 660 g/mol. The predicted octanol–water partition coefficient (Wildman–Crippen LogP) is 9.92. The Balaban J connectivity index is 1.11. The molecule has 9 rings (SSSR count). The van der Waals surface area contributed by atoms with Crippen LogP contribution in [0, 0.1) is 0 Å². The minimum atomic E-state index is 0.133. The van der Waals surface area contributed by atoms with E-state index in [0.29, 0.717) is 0 Å². The van der Waals surface area contributed by atoms with Crippen LogP contribution in [0.3, 0.4) is 0 Å². The summed E-state index contributed by atoms with van der Waals surface area (Å²) in [6.45, 7) is 0. The second kappa shape index (κ2) is 13.0. The molecule has 4 aromatic carbocycles. The summed E-state index contributed by atoms with van der Waals surface area (Å²) >= 11 is 0. The number of rotatable bonds is 6. The van der Waals surface area contributed by atoms with E-state index in [2.05, 4.69) is 197 Å². The molecule has 3 aliphatic rings. The van der Waals surface area contributed by atoms with Crippen molar-refractivity contribution < 1.29 is 0 Å². The number of allylic oxidation sites excluding steroid dienone is 2. The Morgan fingerprint density at radius 2 is 0.902 bits per heavy atom. The van der Waals surface area contributed by atoms with Gasteiger partial charge < -0.3 is 14.7 Å². The van der Waals surface area contributed by atoms with Gasteiger partial charge in [-0.15, -0.1) is 0 Å². The van der Waals surface area contributed by atoms with Crippen molar-refractivity contribution in [2.75, 3.05) is 26.6 Å². The quantitative estimate of drug-likeness (QED) is 0.177. The van der Waals surface area contributed by atoms with Gasteiger partial charge in [-0.05, 0) is 72.8 Å². The molecule has 6 heteroatoms. The molecule has 0 radical (unpaired) electrons. The molecule has 0 spiro atoms. The van der Waals surface area contributed by atoms with Crippen LogP contribution in [0.15, 0.2) is 188 Å². The van der Waals surface area contributed by atoms with Gasteiger partial charge in [-0.3, -0.25) is 4.90 Å². The van der Waals surface area contributed by atoms with Crippen LogP contribution >= 0.6 is 0 Å². The van der Waals surface area contributed by atoms with Crippen LogP contribution in [-0.2, 0) is 0 Å². The molecule has 1 saturated heterocycles. The topological polar surface area (TPSA) is 38.7 Å². The van der Waals surface area contributed by atoms with Crippen LogP contribution in [0.25, 0.3) is 23.5 Å². The standard InChI is InChI=1S/C45H36N6/c1-48-40-27-11-12-28-41(40)49(35-19-5-2-6-20-35)44(48)31-33-17-15-25-38(46-33)39-26-16-18-34(47-39)32-45-50(36-21-7-3-8-22-36)42-29-13-14-30-43(42)51(45)37-23-9-4-10-24-37/h2-32,42-43H,1H3/b44-31+,45-32?. The summed E-state index contributed by atoms with van der Waals surface area (Å²) < 4.78 is 0. The molecule has 0 N–H and O–H groups in total. The van der Waals surface area contributed by atoms with E-state index in [4.69, 9.17) is 9.97 Å². The summed E-state index contributed by atoms with van der Waals surface area (Å²) in [5.41, 5.74) is 9.03. The van der Waals surface area contributed by atoms with Crippen molar-refractivity contribution in [2.24, 2.45) is 0 Å². The summed E-state index contributed by atoms with van der Waals surface area (Å²) in [5, 5.41) is 0. The maximum atomic E-state index is 5.19. The Hall–Kier alpha value is -6.66. The average molecular weight is 661 g/mol. The van der Waals surface area contributed by atoms with Gasteiger partial charge in [-0.1, -0.05) is 103 Å². The Kier molecular flexibility index (Phi) is 7.74. The molecule has 4 heterocycles. The number of benzene rings is 4. The highest BCUT2D eigenvalue weighted by Crippen LogP contribution is 2.46. The SMILES string of the molecule is CN1/C(=C\c2cccc(-c3cccc(C=C4N(c5ccccc5)C5C=CC=CC5N4c4ccccc4)n3)n2)N(c2ccccc2)c2ccccc21. The van der Waals surface area contributed by atoms with E-state index >= 15 is 0 Å². The zero-order valence-corrected chi connectivity index (χ0v) is 28.2. The summed E-state index contributed by atoms with van der Waals surface area (Å²) in [7, 11) is 2.11. The van der Waals surface area contributed by atoms with Crippen molar-refractivity contribution in [2.45, 2.75) is 12.1 Å². The maximum absolute atomic E-state index is 5.19. The van der Waals surface area contributed by atoms with Crippen LogP contribution in [-0.4, -0.2) is 29.1 Å². The van der Waals surface area contributed by atoms with Crippen LogP contribution in [0.1, 0.15) is 11.4 Å². The van der Waals surface area contributed by atoms with Gasteiger partial charge in [-0.2, -0.15) is 0 Å². The second-order valence-electron chi connectivity index (χ2n) is 12.8. The lowest BCUT2D eigenvalue weighted by Crippen LogP contribution is -2.35. The lowest BCUT2D eigenvalue weighted by Gasteiger charge is -2.27. The molecule has 0 amide bonds. The van der Waals surface area contributed by atoms with Crippen molar-refractivity contribution in [1.29, 1.82) is 0 Å². The Morgan fingerprint density at radius 3 is 1.43 bits per heavy atom. The average Bonchev–Trinajstić information content (AvgIpc) is 3.66. The highest BCUT2D eigenvalue weighted by Gasteiger charge is 2.42. The number of para-hydroxylation sites is 5. The van der Waals surface area contributed by atoms with E-state index in [0.717, 1.165) is 62.9 Å². The highest BCUT2D eigenvalue weighted by atomic mass is 15.4. The molecular weight excluding hydrogens is 625 g/mol. The number of anilines is 5. The maximum Gasteiger partial charge on any atom is 0.120 e. The Morgan fingerprint density at radius 1 is 0.451 bits per heavy atom. The van der Waals surface area contributed by atoms with Crippen LogP contribution in [0.5, 0.6) is 0 Å². The second-order valence-corrected chi connectivity index (χ2v) is 12.8. The van der Waals surface area contributed by atoms with E-state index < -0.39 is 0 Å². The number of hydrogen-bond acceptors (Lipinski definition) is 6. The van der Waals surface area contributed by atoms with Gasteiger partial charge in [0.2, 0.25) is 0 Å². The molecule has 1 fully saturated rings. The van der Waals surface area contributed by atoms with Gasteiger partial charge in [0.05, 0.1) is 46.2 Å². The van der Waals surface area contributed by atoms with Crippen LogP contribution < -0.4 is 19.6 Å². The number of pyridine rings is 2. The smallest absolute Gasteiger partial charge is 0.120 e. The minimum Gasteiger partial charge on any atom is -0.329 e. The zero-order chi connectivity index (χ0) is 34.1. The predicted molar refractivity (Wildman–Crippen MR) is 211 cm³/mol. The molecule has 246 valence electrons. The zero-order valence-electron chi connectivity index (χ0n) is 28.2. The van der Waals surface area contributed by atoms with Gasteiger partial charge >= 0.3 is 0 Å². The third-order valence-electron chi connectivity index (χ3n) is 9.67. The summed E-state index contributed by atoms with van der Waals surface area (Å²) in [4.78, 5) is 19.7. The van der Waals surface area contributed by atoms with Crippen molar-refractivity contribution in [1.82, 2.24) is 9.97 Å². The van der Waals surface area contributed by atoms with E-state index in [1.54, 1.807) is 0 Å². The molecule has 0 saturated carbocycles. The fourth-order valence-electron chi connectivity index (χ4n) is 7.36. The molecule has 6 aromatic rings. The Labute approximate surface area is 298 Å². The minimum absolute atomic E-state index is 0.133. The van der Waals surface area contributed by atoms with E-state index in [1.807, 2.05) is 18.2 Å². The summed E-state index contributed by atoms with van der Waals surface area (Å²) in [5.74, 6) is 2.10. The summed E-state index contributed by atoms with van der Waals surface area (Å²) in [6.07, 6.45) is 13.2. The third kappa shape index (κ3) is 5.57. The lowest BCUT2D eigenvalue weighted by molar-refractivity contribution is 0.745. The van der Waals surface area contributed by atoms with Crippen molar-refractivity contribution in [3.05, 3.63) is 199 Å². The molecule has 6 nitrogen and oxygen atoms in total. The first kappa shape index (κ1) is 30.4. The normalized spacial score (nSPS) is 18.4. The first-order valence-corrected chi connectivity index (χ1v) is 17.3. The Bertz CT molecular complexity index is 2250. The van der Waals surface area contributed by atoms with Crippen molar-refractivity contribution >= 4 is 40.6 Å². The fourth-order valence-corrected chi connectivity index (χ4v) is 7.36. The van der Waals surface area contributed by atoms with Crippen molar-refractivity contribution in [3.8, 4) is 11.4 Å². The molecular formula is C45H36N6. The first-order chi connectivity index (χ1) is 25.2. The molecule has 2 aromatic heterocycles. The third-order valence-corrected chi connectivity index (χ3v) is 9.67. The lowest BCUT2D eigenvalue weighted by atomic mass is 10.0. The van der Waals surface area contributed by atoms with Gasteiger partial charge in [0, 0.05) is 36.3 Å². The first-order valence-electron chi connectivity index (χ1n) is 17.3. The van der Waals surface area contributed by atoms with E-state index in [1.165, 1.54) is 0 Å². The number of hydrogen-bond donors (Lipinski definition) is 0. The number of nitrogens with zero attached hydrogens (tertiary/aromatic N) is 6. The largest absolute Gasteiger partial charge is 0.329 e. The van der Waals surface area contributed by atoms with Crippen LogP contribution in [0.4, 0.5) is 28.4 Å². The van der Waals surface area contributed by atoms with Gasteiger partial charge in [0.15, 0.2) is 0 Å². The molecule has 51 heavy (non-hydrogen) atoms. The van der Waals surface area contributed by atoms with Gasteiger partial charge in [-0.25, -0.2) is 9.97 Å². The molecule has 2 atom stereocenters. The molecule has 2 aliphatic heterocycles. The van der Waals surface area contributed by atoms with E-state index in [-0.39, 0.29) is 12.1 Å². The highest BCUT2D eigenvalue weighted by molar-refractivity contribution is 5.91. The number of aromatic nitrogens is 2. The van der Waals surface area contributed by atoms with Crippen LogP contribution in [0.2, 0.25) is 0 Å². The number of fused-ring (bicyclic) bond motifs is 2. The molecule has 1 aliphatic carbocycles. The summed E-state index contributed by atoms with van der Waals surface area (Å²) in [6, 6.07) is 52.8. The van der Waals surface area contributed by atoms with E-state index in [9.17, 15) is 0 Å². The van der Waals surface area contributed by atoms with Gasteiger partial charge in [0.25, 0.3) is 0 Å².